The zero-order chi connectivity index (χ0) is 19.1. The first-order chi connectivity index (χ1) is 13.2. The Morgan fingerprint density at radius 1 is 1.14 bits per heavy atom. The van der Waals surface area contributed by atoms with Gasteiger partial charge in [-0.05, 0) is 48.2 Å². The standard InChI is InChI=1S/C22H31N3O2.ClH/c1-4-26-22-13-18(5-6-21(22)27-16-17(2)3)15-25-12-11-24-14-20(25)19-7-9-23-10-8-19;/h5-10,13,17,20,24H,4,11-12,14-16H2,1-3H3;1H. The van der Waals surface area contributed by atoms with Crippen molar-refractivity contribution in [1.29, 1.82) is 0 Å². The van der Waals surface area contributed by atoms with Crippen LogP contribution in [0.5, 0.6) is 11.5 Å². The van der Waals surface area contributed by atoms with Gasteiger partial charge in [-0.1, -0.05) is 19.9 Å². The summed E-state index contributed by atoms with van der Waals surface area (Å²) in [7, 11) is 0. The maximum atomic E-state index is 5.93. The maximum absolute atomic E-state index is 5.93. The molecule has 1 atom stereocenters. The summed E-state index contributed by atoms with van der Waals surface area (Å²) in [5.41, 5.74) is 2.55. The molecule has 6 heteroatoms. The van der Waals surface area contributed by atoms with Crippen molar-refractivity contribution in [2.45, 2.75) is 33.4 Å². The van der Waals surface area contributed by atoms with Crippen LogP contribution in [0.15, 0.2) is 42.7 Å². The van der Waals surface area contributed by atoms with Crippen molar-refractivity contribution in [3.63, 3.8) is 0 Å². The summed E-state index contributed by atoms with van der Waals surface area (Å²) in [4.78, 5) is 6.67. The monoisotopic (exact) mass is 405 g/mol. The fraction of sp³-hybridized carbons (Fsp3) is 0.500. The van der Waals surface area contributed by atoms with Gasteiger partial charge in [-0.2, -0.15) is 0 Å². The highest BCUT2D eigenvalue weighted by atomic mass is 35.5. The van der Waals surface area contributed by atoms with Crippen molar-refractivity contribution in [3.8, 4) is 11.5 Å². The van der Waals surface area contributed by atoms with Crippen molar-refractivity contribution in [2.75, 3.05) is 32.8 Å². The number of nitrogens with one attached hydrogen (secondary N) is 1. The van der Waals surface area contributed by atoms with Crippen LogP contribution in [-0.4, -0.2) is 42.7 Å². The molecule has 0 bridgehead atoms. The van der Waals surface area contributed by atoms with E-state index in [-0.39, 0.29) is 12.4 Å². The number of nitrogens with zero attached hydrogens (tertiary/aromatic N) is 2. The molecule has 1 aromatic heterocycles. The van der Waals surface area contributed by atoms with Gasteiger partial charge >= 0.3 is 0 Å². The van der Waals surface area contributed by atoms with E-state index < -0.39 is 0 Å². The number of ether oxygens (including phenoxy) is 2. The highest BCUT2D eigenvalue weighted by Crippen LogP contribution is 2.31. The molecule has 5 nitrogen and oxygen atoms in total. The maximum Gasteiger partial charge on any atom is 0.161 e. The molecular weight excluding hydrogens is 374 g/mol. The minimum atomic E-state index is 0. The Balaban J connectivity index is 0.00000280. The minimum Gasteiger partial charge on any atom is -0.490 e. The molecule has 1 unspecified atom stereocenters. The number of rotatable bonds is 8. The molecule has 28 heavy (non-hydrogen) atoms. The molecule has 154 valence electrons. The molecule has 0 amide bonds. The van der Waals surface area contributed by atoms with Crippen LogP contribution in [0.1, 0.15) is 37.9 Å². The van der Waals surface area contributed by atoms with E-state index in [1.54, 1.807) is 0 Å². The molecule has 0 saturated carbocycles. The van der Waals surface area contributed by atoms with Crippen molar-refractivity contribution in [1.82, 2.24) is 15.2 Å². The summed E-state index contributed by atoms with van der Waals surface area (Å²) >= 11 is 0. The second kappa shape index (κ2) is 11.2. The van der Waals surface area contributed by atoms with Crippen LogP contribution in [0.2, 0.25) is 0 Å². The molecule has 1 aromatic carbocycles. The zero-order valence-corrected chi connectivity index (χ0v) is 17.9. The summed E-state index contributed by atoms with van der Waals surface area (Å²) in [6, 6.07) is 10.9. The van der Waals surface area contributed by atoms with Crippen LogP contribution in [0.3, 0.4) is 0 Å². The van der Waals surface area contributed by atoms with Gasteiger partial charge in [-0.15, -0.1) is 12.4 Å². The van der Waals surface area contributed by atoms with Gasteiger partial charge in [0.2, 0.25) is 0 Å². The Kier molecular flexibility index (Phi) is 9.03. The molecule has 3 rings (SSSR count). The zero-order valence-electron chi connectivity index (χ0n) is 17.1. The van der Waals surface area contributed by atoms with Crippen LogP contribution < -0.4 is 14.8 Å². The lowest BCUT2D eigenvalue weighted by Gasteiger charge is -2.36. The molecule has 2 aromatic rings. The molecule has 1 saturated heterocycles. The summed E-state index contributed by atoms with van der Waals surface area (Å²) in [6.45, 7) is 11.5. The summed E-state index contributed by atoms with van der Waals surface area (Å²) in [5, 5.41) is 3.51. The lowest BCUT2D eigenvalue weighted by atomic mass is 10.0. The van der Waals surface area contributed by atoms with E-state index >= 15 is 0 Å². The van der Waals surface area contributed by atoms with E-state index in [0.717, 1.165) is 37.7 Å². The van der Waals surface area contributed by atoms with Gasteiger partial charge in [0, 0.05) is 44.6 Å². The second-order valence-corrected chi connectivity index (χ2v) is 7.39. The Labute approximate surface area is 174 Å². The minimum absolute atomic E-state index is 0. The number of piperazine rings is 1. The van der Waals surface area contributed by atoms with Crippen molar-refractivity contribution in [3.05, 3.63) is 53.9 Å². The highest BCUT2D eigenvalue weighted by molar-refractivity contribution is 5.85. The molecule has 1 aliphatic rings. The molecule has 0 radical (unpaired) electrons. The predicted molar refractivity (Wildman–Crippen MR) is 115 cm³/mol. The predicted octanol–water partition coefficient (Wildman–Crippen LogP) is 4.08. The first-order valence-corrected chi connectivity index (χ1v) is 9.90. The molecular formula is C22H32ClN3O2. The lowest BCUT2D eigenvalue weighted by Crippen LogP contribution is -2.45. The Morgan fingerprint density at radius 2 is 1.93 bits per heavy atom. The van der Waals surface area contributed by atoms with Gasteiger partial charge < -0.3 is 14.8 Å². The average Bonchev–Trinajstić information content (AvgIpc) is 2.69. The molecule has 1 N–H and O–H groups in total. The van der Waals surface area contributed by atoms with Crippen molar-refractivity contribution < 1.29 is 9.47 Å². The number of pyridine rings is 1. The van der Waals surface area contributed by atoms with Crippen LogP contribution in [0.25, 0.3) is 0 Å². The number of halogens is 1. The number of hydrogen-bond acceptors (Lipinski definition) is 5. The van der Waals surface area contributed by atoms with E-state index in [1.165, 1.54) is 11.1 Å². The first kappa shape index (κ1) is 22.5. The SMILES string of the molecule is CCOc1cc(CN2CCNCC2c2ccncc2)ccc1OCC(C)C.Cl. The molecule has 0 spiro atoms. The lowest BCUT2D eigenvalue weighted by molar-refractivity contribution is 0.153. The van der Waals surface area contributed by atoms with Crippen LogP contribution in [-0.2, 0) is 6.54 Å². The largest absolute Gasteiger partial charge is 0.490 e. The highest BCUT2D eigenvalue weighted by Gasteiger charge is 2.24. The van der Waals surface area contributed by atoms with Gasteiger partial charge in [0.15, 0.2) is 11.5 Å². The fourth-order valence-corrected chi connectivity index (χ4v) is 3.38. The molecule has 0 aliphatic carbocycles. The van der Waals surface area contributed by atoms with E-state index in [9.17, 15) is 0 Å². The van der Waals surface area contributed by atoms with Gasteiger partial charge in [0.1, 0.15) is 0 Å². The molecule has 1 fully saturated rings. The fourth-order valence-electron chi connectivity index (χ4n) is 3.38. The number of aromatic nitrogens is 1. The second-order valence-electron chi connectivity index (χ2n) is 7.39. The third-order valence-corrected chi connectivity index (χ3v) is 4.71. The van der Waals surface area contributed by atoms with Gasteiger partial charge in [-0.25, -0.2) is 0 Å². The number of benzene rings is 1. The quantitative estimate of drug-likeness (QED) is 0.716. The first-order valence-electron chi connectivity index (χ1n) is 9.90. The van der Waals surface area contributed by atoms with E-state index in [4.69, 9.17) is 9.47 Å². The topological polar surface area (TPSA) is 46.6 Å². The smallest absolute Gasteiger partial charge is 0.161 e. The average molecular weight is 406 g/mol. The van der Waals surface area contributed by atoms with E-state index in [0.29, 0.717) is 25.2 Å². The summed E-state index contributed by atoms with van der Waals surface area (Å²) in [6.07, 6.45) is 3.74. The normalized spacial score (nSPS) is 17.2. The van der Waals surface area contributed by atoms with Crippen molar-refractivity contribution in [2.24, 2.45) is 5.92 Å². The van der Waals surface area contributed by atoms with Gasteiger partial charge in [0.05, 0.1) is 13.2 Å². The van der Waals surface area contributed by atoms with E-state index in [2.05, 4.69) is 53.3 Å². The third kappa shape index (κ3) is 6.09. The number of hydrogen-bond donors (Lipinski definition) is 1. The third-order valence-electron chi connectivity index (χ3n) is 4.71. The summed E-state index contributed by atoms with van der Waals surface area (Å²) < 4.78 is 11.8. The Morgan fingerprint density at radius 3 is 2.64 bits per heavy atom. The van der Waals surface area contributed by atoms with Gasteiger partial charge in [0.25, 0.3) is 0 Å². The van der Waals surface area contributed by atoms with Crippen LogP contribution in [0, 0.1) is 5.92 Å². The van der Waals surface area contributed by atoms with Crippen molar-refractivity contribution >= 4 is 12.4 Å². The molecule has 1 aliphatic heterocycles. The van der Waals surface area contributed by atoms with Crippen LogP contribution in [0.4, 0.5) is 0 Å². The summed E-state index contributed by atoms with van der Waals surface area (Å²) in [5.74, 6) is 2.16. The Bertz CT molecular complexity index is 712. The van der Waals surface area contributed by atoms with E-state index in [1.807, 2.05) is 25.4 Å². The Hall–Kier alpha value is -1.82. The van der Waals surface area contributed by atoms with Gasteiger partial charge in [-0.3, -0.25) is 9.88 Å². The molecule has 2 heterocycles. The van der Waals surface area contributed by atoms with Crippen LogP contribution >= 0.6 is 12.4 Å².